The molecular weight excluding hydrogens is 304 g/mol. The second-order valence-corrected chi connectivity index (χ2v) is 5.82. The number of nitrogens with two attached hydrogens (primary N) is 1. The zero-order valence-corrected chi connectivity index (χ0v) is 13.4. The van der Waals surface area contributed by atoms with E-state index in [9.17, 15) is 9.59 Å². The topological polar surface area (TPSA) is 88.3 Å². The standard InChI is InChI=1S/C18H20N4O2/c19-16(23)13-6-4-7-14(12-13)21-18(24)15-8-5-9-20-17(15)22-10-2-1-3-11-22/h4-9,12H,1-3,10-11H2,(H2,19,23)(H,21,24). The predicted molar refractivity (Wildman–Crippen MR) is 93.2 cm³/mol. The fourth-order valence-electron chi connectivity index (χ4n) is 2.88. The highest BCUT2D eigenvalue weighted by atomic mass is 16.2. The SMILES string of the molecule is NC(=O)c1cccc(NC(=O)c2cccnc2N2CCCCC2)c1. The Hall–Kier alpha value is -2.89. The Morgan fingerprint density at radius 2 is 1.88 bits per heavy atom. The molecule has 3 N–H and O–H groups in total. The molecule has 1 aliphatic heterocycles. The summed E-state index contributed by atoms with van der Waals surface area (Å²) < 4.78 is 0. The molecule has 1 aromatic carbocycles. The molecule has 1 saturated heterocycles. The number of carbonyl (C=O) groups is 2. The minimum absolute atomic E-state index is 0.245. The third-order valence-corrected chi connectivity index (χ3v) is 4.09. The number of anilines is 2. The minimum atomic E-state index is -0.526. The zero-order valence-electron chi connectivity index (χ0n) is 13.4. The Labute approximate surface area is 140 Å². The first-order valence-corrected chi connectivity index (χ1v) is 8.06. The number of hydrogen-bond acceptors (Lipinski definition) is 4. The van der Waals surface area contributed by atoms with E-state index in [4.69, 9.17) is 5.73 Å². The number of benzene rings is 1. The number of aromatic nitrogens is 1. The van der Waals surface area contributed by atoms with Crippen LogP contribution in [0.5, 0.6) is 0 Å². The summed E-state index contributed by atoms with van der Waals surface area (Å²) >= 11 is 0. The third-order valence-electron chi connectivity index (χ3n) is 4.09. The van der Waals surface area contributed by atoms with Gasteiger partial charge in [0.15, 0.2) is 0 Å². The van der Waals surface area contributed by atoms with Crippen LogP contribution in [0, 0.1) is 0 Å². The second kappa shape index (κ2) is 7.12. The van der Waals surface area contributed by atoms with Gasteiger partial charge in [-0.25, -0.2) is 4.98 Å². The third kappa shape index (κ3) is 3.53. The molecule has 0 aliphatic carbocycles. The largest absolute Gasteiger partial charge is 0.366 e. The quantitative estimate of drug-likeness (QED) is 0.904. The van der Waals surface area contributed by atoms with Gasteiger partial charge in [0.05, 0.1) is 5.56 Å². The van der Waals surface area contributed by atoms with E-state index in [-0.39, 0.29) is 5.91 Å². The molecule has 0 unspecified atom stereocenters. The summed E-state index contributed by atoms with van der Waals surface area (Å²) in [6.45, 7) is 1.82. The zero-order chi connectivity index (χ0) is 16.9. The summed E-state index contributed by atoms with van der Waals surface area (Å²) in [6.07, 6.45) is 5.13. The molecule has 0 spiro atoms. The van der Waals surface area contributed by atoms with Crippen molar-refractivity contribution in [2.24, 2.45) is 5.73 Å². The molecular formula is C18H20N4O2. The number of primary amides is 1. The molecule has 0 bridgehead atoms. The molecule has 6 nitrogen and oxygen atoms in total. The molecule has 3 rings (SSSR count). The van der Waals surface area contributed by atoms with E-state index < -0.39 is 5.91 Å². The van der Waals surface area contributed by atoms with Gasteiger partial charge in [-0.2, -0.15) is 0 Å². The van der Waals surface area contributed by atoms with Crippen molar-refractivity contribution in [1.29, 1.82) is 0 Å². The molecule has 1 aromatic heterocycles. The molecule has 2 heterocycles. The van der Waals surface area contributed by atoms with E-state index in [2.05, 4.69) is 15.2 Å². The van der Waals surface area contributed by atoms with Gasteiger partial charge in [-0.3, -0.25) is 9.59 Å². The minimum Gasteiger partial charge on any atom is -0.366 e. The maximum absolute atomic E-state index is 12.7. The van der Waals surface area contributed by atoms with Crippen LogP contribution in [0.3, 0.4) is 0 Å². The number of pyridine rings is 1. The smallest absolute Gasteiger partial charge is 0.259 e. The first-order chi connectivity index (χ1) is 11.6. The van der Waals surface area contributed by atoms with Gasteiger partial charge >= 0.3 is 0 Å². The van der Waals surface area contributed by atoms with E-state index >= 15 is 0 Å². The summed E-state index contributed by atoms with van der Waals surface area (Å²) in [5.74, 6) is -0.0625. The Balaban J connectivity index is 1.82. The summed E-state index contributed by atoms with van der Waals surface area (Å²) in [6, 6.07) is 10.1. The molecule has 24 heavy (non-hydrogen) atoms. The van der Waals surface area contributed by atoms with Crippen molar-refractivity contribution >= 4 is 23.3 Å². The first kappa shape index (κ1) is 16.0. The van der Waals surface area contributed by atoms with Crippen molar-refractivity contribution in [1.82, 2.24) is 4.98 Å². The molecule has 1 aliphatic rings. The van der Waals surface area contributed by atoms with E-state index in [0.717, 1.165) is 25.9 Å². The lowest BCUT2D eigenvalue weighted by molar-refractivity contribution is 0.0996. The van der Waals surface area contributed by atoms with Crippen molar-refractivity contribution in [2.45, 2.75) is 19.3 Å². The van der Waals surface area contributed by atoms with Gasteiger partial charge in [0, 0.05) is 30.5 Å². The Bertz CT molecular complexity index is 754. The maximum Gasteiger partial charge on any atom is 0.259 e. The molecule has 6 heteroatoms. The van der Waals surface area contributed by atoms with Gasteiger partial charge < -0.3 is 16.0 Å². The molecule has 1 fully saturated rings. The van der Waals surface area contributed by atoms with Crippen molar-refractivity contribution < 1.29 is 9.59 Å². The lowest BCUT2D eigenvalue weighted by Crippen LogP contribution is -2.32. The highest BCUT2D eigenvalue weighted by Crippen LogP contribution is 2.22. The molecule has 2 aromatic rings. The van der Waals surface area contributed by atoms with Crippen LogP contribution in [0.25, 0.3) is 0 Å². The van der Waals surface area contributed by atoms with E-state index in [1.165, 1.54) is 6.42 Å². The van der Waals surface area contributed by atoms with E-state index in [0.29, 0.717) is 22.6 Å². The van der Waals surface area contributed by atoms with Gasteiger partial charge in [-0.1, -0.05) is 6.07 Å². The molecule has 0 radical (unpaired) electrons. The first-order valence-electron chi connectivity index (χ1n) is 8.06. The molecule has 0 saturated carbocycles. The van der Waals surface area contributed by atoms with Gasteiger partial charge in [0.25, 0.3) is 5.91 Å². The lowest BCUT2D eigenvalue weighted by atomic mass is 10.1. The molecule has 2 amide bonds. The van der Waals surface area contributed by atoms with Crippen LogP contribution in [-0.4, -0.2) is 29.9 Å². The lowest BCUT2D eigenvalue weighted by Gasteiger charge is -2.29. The predicted octanol–water partition coefficient (Wildman–Crippen LogP) is 2.42. The monoisotopic (exact) mass is 324 g/mol. The second-order valence-electron chi connectivity index (χ2n) is 5.82. The van der Waals surface area contributed by atoms with Crippen LogP contribution in [0.15, 0.2) is 42.6 Å². The van der Waals surface area contributed by atoms with Crippen LogP contribution in [-0.2, 0) is 0 Å². The van der Waals surface area contributed by atoms with Crippen molar-refractivity contribution in [3.8, 4) is 0 Å². The van der Waals surface area contributed by atoms with Crippen LogP contribution in [0.2, 0.25) is 0 Å². The average Bonchev–Trinajstić information content (AvgIpc) is 2.62. The Morgan fingerprint density at radius 1 is 1.08 bits per heavy atom. The van der Waals surface area contributed by atoms with Crippen molar-refractivity contribution in [3.63, 3.8) is 0 Å². The summed E-state index contributed by atoms with van der Waals surface area (Å²) in [5, 5.41) is 2.82. The van der Waals surface area contributed by atoms with Crippen LogP contribution >= 0.6 is 0 Å². The maximum atomic E-state index is 12.7. The fourth-order valence-corrected chi connectivity index (χ4v) is 2.88. The van der Waals surface area contributed by atoms with Gasteiger partial charge in [0.1, 0.15) is 5.82 Å². The van der Waals surface area contributed by atoms with Gasteiger partial charge in [-0.05, 0) is 49.6 Å². The fraction of sp³-hybridized carbons (Fsp3) is 0.278. The van der Waals surface area contributed by atoms with Crippen molar-refractivity contribution in [3.05, 3.63) is 53.7 Å². The number of rotatable bonds is 4. The number of hydrogen-bond donors (Lipinski definition) is 2. The van der Waals surface area contributed by atoms with Crippen LogP contribution < -0.4 is 16.0 Å². The number of nitrogens with zero attached hydrogens (tertiary/aromatic N) is 2. The molecule has 0 atom stereocenters. The number of nitrogens with one attached hydrogen (secondary N) is 1. The Morgan fingerprint density at radius 3 is 2.62 bits per heavy atom. The van der Waals surface area contributed by atoms with Crippen LogP contribution in [0.4, 0.5) is 11.5 Å². The van der Waals surface area contributed by atoms with E-state index in [1.54, 1.807) is 42.6 Å². The highest BCUT2D eigenvalue weighted by molar-refractivity contribution is 6.08. The number of amides is 2. The Kier molecular flexibility index (Phi) is 4.74. The van der Waals surface area contributed by atoms with Crippen molar-refractivity contribution in [2.75, 3.05) is 23.3 Å². The summed E-state index contributed by atoms with van der Waals surface area (Å²) in [4.78, 5) is 30.5. The summed E-state index contributed by atoms with van der Waals surface area (Å²) in [5.41, 5.74) is 6.70. The summed E-state index contributed by atoms with van der Waals surface area (Å²) in [7, 11) is 0. The van der Waals surface area contributed by atoms with Gasteiger partial charge in [-0.15, -0.1) is 0 Å². The number of piperidine rings is 1. The highest BCUT2D eigenvalue weighted by Gasteiger charge is 2.19. The normalized spacial score (nSPS) is 14.2. The molecule has 124 valence electrons. The van der Waals surface area contributed by atoms with Gasteiger partial charge in [0.2, 0.25) is 5.91 Å². The average molecular weight is 324 g/mol. The van der Waals surface area contributed by atoms with Crippen LogP contribution in [0.1, 0.15) is 40.0 Å². The number of carbonyl (C=O) groups excluding carboxylic acids is 2. The van der Waals surface area contributed by atoms with E-state index in [1.807, 2.05) is 0 Å².